The molecule has 2 aliphatic rings. The Balaban J connectivity index is 0.00000288. The van der Waals surface area contributed by atoms with E-state index in [0.29, 0.717) is 12.6 Å². The Labute approximate surface area is 162 Å². The fraction of sp³-hybridized carbons (Fsp3) is 0.882. The molecule has 2 fully saturated rings. The van der Waals surface area contributed by atoms with E-state index >= 15 is 0 Å². The van der Waals surface area contributed by atoms with Gasteiger partial charge in [-0.05, 0) is 39.5 Å². The van der Waals surface area contributed by atoms with Crippen molar-refractivity contribution in [3.8, 4) is 0 Å². The van der Waals surface area contributed by atoms with Crippen LogP contribution in [0.2, 0.25) is 0 Å². The molecule has 0 spiro atoms. The van der Waals surface area contributed by atoms with Crippen molar-refractivity contribution in [1.82, 2.24) is 10.6 Å². The first-order valence-corrected chi connectivity index (χ1v) is 8.85. The molecule has 0 radical (unpaired) electrons. The zero-order valence-electron chi connectivity index (χ0n) is 15.1. The summed E-state index contributed by atoms with van der Waals surface area (Å²) in [6.45, 7) is 9.81. The molecule has 140 valence electrons. The molecule has 2 N–H and O–H groups in total. The van der Waals surface area contributed by atoms with Gasteiger partial charge in [-0.1, -0.05) is 6.92 Å². The van der Waals surface area contributed by atoms with E-state index < -0.39 is 0 Å². The molecule has 24 heavy (non-hydrogen) atoms. The first-order chi connectivity index (χ1) is 11.1. The van der Waals surface area contributed by atoms with Gasteiger partial charge in [0, 0.05) is 18.0 Å². The Morgan fingerprint density at radius 3 is 2.42 bits per heavy atom. The number of carbonyl (C=O) groups is 1. The second-order valence-corrected chi connectivity index (χ2v) is 6.94. The molecule has 1 heterocycles. The number of ether oxygens (including phenoxy) is 2. The fourth-order valence-corrected chi connectivity index (χ4v) is 3.06. The number of carbonyl (C=O) groups excluding carboxylic acids is 1. The Morgan fingerprint density at radius 2 is 1.92 bits per heavy atom. The lowest BCUT2D eigenvalue weighted by Crippen LogP contribution is -2.47. The van der Waals surface area contributed by atoms with Gasteiger partial charge in [0.25, 0.3) is 0 Å². The van der Waals surface area contributed by atoms with Crippen LogP contribution in [0.5, 0.6) is 0 Å². The van der Waals surface area contributed by atoms with Crippen LogP contribution < -0.4 is 10.6 Å². The van der Waals surface area contributed by atoms with E-state index in [1.165, 1.54) is 0 Å². The summed E-state index contributed by atoms with van der Waals surface area (Å²) < 4.78 is 10.4. The highest BCUT2D eigenvalue weighted by Crippen LogP contribution is 2.27. The summed E-state index contributed by atoms with van der Waals surface area (Å²) in [5.74, 6) is 0.906. The summed E-state index contributed by atoms with van der Waals surface area (Å²) in [5.41, 5.74) is 0.184. The van der Waals surface area contributed by atoms with Crippen molar-refractivity contribution in [2.45, 2.75) is 52.5 Å². The Bertz CT molecular complexity index is 419. The molecule has 1 aliphatic heterocycles. The van der Waals surface area contributed by atoms with Crippen LogP contribution in [-0.4, -0.2) is 50.9 Å². The predicted molar refractivity (Wildman–Crippen MR) is 106 cm³/mol. The van der Waals surface area contributed by atoms with Gasteiger partial charge in [0.15, 0.2) is 5.96 Å². The molecule has 2 rings (SSSR count). The second kappa shape index (κ2) is 10.4. The lowest BCUT2D eigenvalue weighted by atomic mass is 9.86. The van der Waals surface area contributed by atoms with E-state index in [4.69, 9.17) is 14.5 Å². The van der Waals surface area contributed by atoms with Gasteiger partial charge in [0.1, 0.15) is 0 Å². The highest BCUT2D eigenvalue weighted by Gasteiger charge is 2.33. The lowest BCUT2D eigenvalue weighted by molar-refractivity contribution is -0.149. The van der Waals surface area contributed by atoms with Crippen LogP contribution in [0, 0.1) is 11.3 Å². The molecule has 0 unspecified atom stereocenters. The highest BCUT2D eigenvalue weighted by molar-refractivity contribution is 14.0. The number of rotatable bonds is 6. The first kappa shape index (κ1) is 21.5. The van der Waals surface area contributed by atoms with E-state index in [1.807, 2.05) is 6.92 Å². The molecule has 0 aromatic carbocycles. The summed E-state index contributed by atoms with van der Waals surface area (Å²) in [7, 11) is 0. The van der Waals surface area contributed by atoms with Gasteiger partial charge in [0.05, 0.1) is 32.3 Å². The maximum absolute atomic E-state index is 11.8. The van der Waals surface area contributed by atoms with Crippen LogP contribution in [0.15, 0.2) is 4.99 Å². The topological polar surface area (TPSA) is 72.0 Å². The molecule has 0 aromatic rings. The van der Waals surface area contributed by atoms with Gasteiger partial charge in [-0.2, -0.15) is 0 Å². The molecule has 6 nitrogen and oxygen atoms in total. The van der Waals surface area contributed by atoms with Crippen molar-refractivity contribution in [3.63, 3.8) is 0 Å². The molecule has 0 aromatic heterocycles. The average Bonchev–Trinajstić information content (AvgIpc) is 2.52. The predicted octanol–water partition coefficient (Wildman–Crippen LogP) is 2.32. The van der Waals surface area contributed by atoms with Crippen LogP contribution in [0.4, 0.5) is 0 Å². The molecule has 0 atom stereocenters. The van der Waals surface area contributed by atoms with Crippen molar-refractivity contribution in [2.75, 3.05) is 32.9 Å². The third-order valence-electron chi connectivity index (χ3n) is 4.55. The van der Waals surface area contributed by atoms with Gasteiger partial charge in [-0.3, -0.25) is 9.79 Å². The minimum Gasteiger partial charge on any atom is -0.466 e. The van der Waals surface area contributed by atoms with Gasteiger partial charge in [-0.15, -0.1) is 24.0 Å². The normalized spacial score (nSPS) is 25.9. The zero-order chi connectivity index (χ0) is 16.7. The minimum absolute atomic E-state index is 0. The van der Waals surface area contributed by atoms with Crippen LogP contribution in [-0.2, 0) is 14.3 Å². The lowest BCUT2D eigenvalue weighted by Gasteiger charge is -2.37. The molecular formula is C17H32IN3O3. The number of halogens is 1. The fourth-order valence-electron chi connectivity index (χ4n) is 3.06. The number of guanidine groups is 1. The molecule has 1 saturated heterocycles. The third kappa shape index (κ3) is 6.38. The summed E-state index contributed by atoms with van der Waals surface area (Å²) in [4.78, 5) is 16.5. The molecule has 0 bridgehead atoms. The number of nitrogens with one attached hydrogen (secondary N) is 2. The number of aliphatic imine (C=N–C) groups is 1. The smallest absolute Gasteiger partial charge is 0.308 e. The molecular weight excluding hydrogens is 421 g/mol. The number of esters is 1. The Kier molecular flexibility index (Phi) is 9.33. The SMILES string of the molecule is CCNC(=NCC1(C)COC1)NC1CCC(C(=O)OCC)CC1.I. The monoisotopic (exact) mass is 453 g/mol. The van der Waals surface area contributed by atoms with Crippen LogP contribution in [0.3, 0.4) is 0 Å². The van der Waals surface area contributed by atoms with Gasteiger partial charge < -0.3 is 20.1 Å². The Hall–Kier alpha value is -0.570. The van der Waals surface area contributed by atoms with Gasteiger partial charge in [-0.25, -0.2) is 0 Å². The van der Waals surface area contributed by atoms with Crippen molar-refractivity contribution in [1.29, 1.82) is 0 Å². The van der Waals surface area contributed by atoms with Gasteiger partial charge in [0.2, 0.25) is 0 Å². The van der Waals surface area contributed by atoms with E-state index in [2.05, 4.69) is 24.5 Å². The standard InChI is InChI=1S/C17H31N3O3.HI/c1-4-18-16(19-10-17(3)11-22-12-17)20-14-8-6-13(7-9-14)15(21)23-5-2;/h13-14H,4-12H2,1-3H3,(H2,18,19,20);1H. The van der Waals surface area contributed by atoms with E-state index in [0.717, 1.165) is 57.9 Å². The van der Waals surface area contributed by atoms with Crippen LogP contribution in [0.1, 0.15) is 46.5 Å². The van der Waals surface area contributed by atoms with Crippen molar-refractivity contribution < 1.29 is 14.3 Å². The minimum atomic E-state index is -0.0376. The second-order valence-electron chi connectivity index (χ2n) is 6.94. The number of hydrogen-bond donors (Lipinski definition) is 2. The van der Waals surface area contributed by atoms with Crippen molar-refractivity contribution in [2.24, 2.45) is 16.3 Å². The highest BCUT2D eigenvalue weighted by atomic mass is 127. The quantitative estimate of drug-likeness (QED) is 0.280. The summed E-state index contributed by atoms with van der Waals surface area (Å²) in [6.07, 6.45) is 3.74. The summed E-state index contributed by atoms with van der Waals surface area (Å²) in [5, 5.41) is 6.83. The zero-order valence-corrected chi connectivity index (χ0v) is 17.4. The number of hydrogen-bond acceptors (Lipinski definition) is 4. The maximum atomic E-state index is 11.8. The largest absolute Gasteiger partial charge is 0.466 e. The van der Waals surface area contributed by atoms with E-state index in [1.54, 1.807) is 0 Å². The van der Waals surface area contributed by atoms with Crippen molar-refractivity contribution >= 4 is 35.9 Å². The molecule has 1 aliphatic carbocycles. The molecule has 0 amide bonds. The average molecular weight is 453 g/mol. The third-order valence-corrected chi connectivity index (χ3v) is 4.55. The van der Waals surface area contributed by atoms with Crippen LogP contribution >= 0.6 is 24.0 Å². The van der Waals surface area contributed by atoms with Gasteiger partial charge >= 0.3 is 5.97 Å². The van der Waals surface area contributed by atoms with E-state index in [9.17, 15) is 4.79 Å². The number of nitrogens with zero attached hydrogens (tertiary/aromatic N) is 1. The summed E-state index contributed by atoms with van der Waals surface area (Å²) >= 11 is 0. The molecule has 7 heteroatoms. The van der Waals surface area contributed by atoms with Crippen LogP contribution in [0.25, 0.3) is 0 Å². The molecule has 1 saturated carbocycles. The van der Waals surface area contributed by atoms with E-state index in [-0.39, 0.29) is 41.3 Å². The summed E-state index contributed by atoms with van der Waals surface area (Å²) in [6, 6.07) is 0.379. The maximum Gasteiger partial charge on any atom is 0.308 e. The Morgan fingerprint density at radius 1 is 1.25 bits per heavy atom. The van der Waals surface area contributed by atoms with Crippen molar-refractivity contribution in [3.05, 3.63) is 0 Å². The first-order valence-electron chi connectivity index (χ1n) is 8.85.